The van der Waals surface area contributed by atoms with Gasteiger partial charge >= 0.3 is 0 Å². The van der Waals surface area contributed by atoms with Gasteiger partial charge in [0.1, 0.15) is 0 Å². The fourth-order valence-corrected chi connectivity index (χ4v) is 10.4. The van der Waals surface area contributed by atoms with E-state index in [4.69, 9.17) is 4.74 Å². The Kier molecular flexibility index (Phi) is 9.44. The molecule has 11 nitrogen and oxygen atoms in total. The van der Waals surface area contributed by atoms with E-state index < -0.39 is 42.4 Å². The lowest BCUT2D eigenvalue weighted by atomic mass is 9.82. The third-order valence-corrected chi connectivity index (χ3v) is 12.6. The van der Waals surface area contributed by atoms with Crippen LogP contribution in [0.5, 0.6) is 0 Å². The summed E-state index contributed by atoms with van der Waals surface area (Å²) in [6.07, 6.45) is 0.0160. The molecule has 0 aromatic heterocycles. The van der Waals surface area contributed by atoms with Crippen molar-refractivity contribution in [1.82, 2.24) is 4.90 Å². The van der Waals surface area contributed by atoms with Crippen LogP contribution in [0.4, 0.5) is 21.2 Å². The summed E-state index contributed by atoms with van der Waals surface area (Å²) in [7, 11) is -3.64. The molecule has 3 heterocycles. The van der Waals surface area contributed by atoms with Gasteiger partial charge in [0.2, 0.25) is 20.2 Å². The van der Waals surface area contributed by atoms with Crippen molar-refractivity contribution in [3.05, 3.63) is 99.6 Å². The van der Waals surface area contributed by atoms with Gasteiger partial charge in [-0.1, -0.05) is 49.4 Å². The number of non-ortho nitro benzene ring substituents is 1. The van der Waals surface area contributed by atoms with Gasteiger partial charge in [-0.15, -0.1) is 0 Å². The molecular formula is C36H41FN4O7Si. The van der Waals surface area contributed by atoms with Crippen LogP contribution >= 0.6 is 0 Å². The molecule has 0 unspecified atom stereocenters. The molecule has 0 radical (unpaired) electrons. The number of nitro benzene ring substituents is 1. The number of aliphatic hydroxyl groups is 1. The Morgan fingerprint density at radius 1 is 1.10 bits per heavy atom. The van der Waals surface area contributed by atoms with Crippen molar-refractivity contribution in [2.75, 3.05) is 29.5 Å². The maximum absolute atomic E-state index is 16.4. The Labute approximate surface area is 285 Å². The van der Waals surface area contributed by atoms with Crippen LogP contribution in [-0.2, 0) is 37.8 Å². The van der Waals surface area contributed by atoms with E-state index in [-0.39, 0.29) is 55.7 Å². The summed E-state index contributed by atoms with van der Waals surface area (Å²) < 4.78 is 23.1. The molecule has 0 aliphatic carbocycles. The van der Waals surface area contributed by atoms with E-state index in [9.17, 15) is 29.6 Å². The van der Waals surface area contributed by atoms with E-state index in [0.29, 0.717) is 18.7 Å². The summed E-state index contributed by atoms with van der Waals surface area (Å²) in [5, 5.41) is 21.7. The summed E-state index contributed by atoms with van der Waals surface area (Å²) in [4.78, 5) is 57.2. The minimum absolute atomic E-state index is 0.0325. The molecule has 3 aliphatic rings. The lowest BCUT2D eigenvalue weighted by Gasteiger charge is -2.31. The standard InChI is InChI=1S/C36H41FN4O7Si/c1-24-34(49(2,3)37)31(21-33(44)38(17-18-42)22-25-9-5-4-6-10-25)48-36(24)29-20-28(41(46)47)14-15-30(29)40(35(36)45)23-26-11-7-12-27(19-26)39-16-8-13-32(39)43/h4-7,9-12,14-15,19-20,24,31,34,42H,8,13,16-18,21-23H2,1-3H3/t24-,31+,34-,36+/m0/s1. The Hall–Kier alpha value is -4.46. The molecule has 49 heavy (non-hydrogen) atoms. The number of aliphatic hydroxyl groups excluding tert-OH is 1. The molecular weight excluding hydrogens is 648 g/mol. The van der Waals surface area contributed by atoms with E-state index >= 15 is 4.11 Å². The molecule has 258 valence electrons. The van der Waals surface area contributed by atoms with Crippen LogP contribution in [-0.4, -0.2) is 66.9 Å². The number of rotatable bonds is 11. The highest BCUT2D eigenvalue weighted by Gasteiger charge is 2.67. The van der Waals surface area contributed by atoms with Crippen LogP contribution in [0.25, 0.3) is 0 Å². The number of anilines is 2. The zero-order valence-corrected chi connectivity index (χ0v) is 28.9. The first-order valence-corrected chi connectivity index (χ1v) is 19.6. The molecule has 4 atom stereocenters. The van der Waals surface area contributed by atoms with Crippen LogP contribution in [0.2, 0.25) is 18.6 Å². The van der Waals surface area contributed by atoms with Gasteiger partial charge in [-0.05, 0) is 48.8 Å². The molecule has 1 N–H and O–H groups in total. The number of fused-ring (bicyclic) bond motifs is 2. The minimum atomic E-state index is -3.64. The van der Waals surface area contributed by atoms with E-state index in [1.807, 2.05) is 54.6 Å². The summed E-state index contributed by atoms with van der Waals surface area (Å²) in [5.41, 5.74) is 0.216. The number of hydrogen-bond acceptors (Lipinski definition) is 7. The van der Waals surface area contributed by atoms with Gasteiger partial charge in [-0.25, -0.2) is 0 Å². The fourth-order valence-electron chi connectivity index (χ4n) is 7.95. The lowest BCUT2D eigenvalue weighted by molar-refractivity contribution is -0.385. The van der Waals surface area contributed by atoms with Gasteiger partial charge in [0.05, 0.1) is 36.3 Å². The maximum atomic E-state index is 16.4. The molecule has 3 amide bonds. The van der Waals surface area contributed by atoms with Crippen molar-refractivity contribution in [2.24, 2.45) is 5.92 Å². The van der Waals surface area contributed by atoms with Crippen LogP contribution in [0.3, 0.4) is 0 Å². The molecule has 13 heteroatoms. The second-order valence-corrected chi connectivity index (χ2v) is 17.5. The molecule has 0 bridgehead atoms. The molecule has 2 fully saturated rings. The number of halogens is 1. The summed E-state index contributed by atoms with van der Waals surface area (Å²) in [5.74, 6) is -1.56. The van der Waals surface area contributed by atoms with Crippen molar-refractivity contribution in [3.63, 3.8) is 0 Å². The van der Waals surface area contributed by atoms with Crippen LogP contribution in [0.1, 0.15) is 42.9 Å². The van der Waals surface area contributed by atoms with E-state index in [0.717, 1.165) is 23.2 Å². The normalized spacial score (nSPS) is 23.4. The number of benzene rings is 3. The molecule has 3 aliphatic heterocycles. The van der Waals surface area contributed by atoms with Crippen molar-refractivity contribution in [3.8, 4) is 0 Å². The molecule has 2 saturated heterocycles. The predicted molar refractivity (Wildman–Crippen MR) is 184 cm³/mol. The predicted octanol–water partition coefficient (Wildman–Crippen LogP) is 5.45. The van der Waals surface area contributed by atoms with Gasteiger partial charge in [0.15, 0.2) is 5.60 Å². The van der Waals surface area contributed by atoms with Crippen molar-refractivity contribution in [1.29, 1.82) is 0 Å². The Morgan fingerprint density at radius 3 is 2.49 bits per heavy atom. The molecule has 0 saturated carbocycles. The molecule has 1 spiro atoms. The third kappa shape index (κ3) is 6.38. The number of carbonyl (C=O) groups is 3. The van der Waals surface area contributed by atoms with Crippen LogP contribution in [0, 0.1) is 16.0 Å². The first-order valence-electron chi connectivity index (χ1n) is 16.6. The van der Waals surface area contributed by atoms with E-state index in [1.165, 1.54) is 41.1 Å². The van der Waals surface area contributed by atoms with Gasteiger partial charge in [-0.2, -0.15) is 0 Å². The Balaban J connectivity index is 1.37. The number of nitrogens with zero attached hydrogens (tertiary/aromatic N) is 4. The van der Waals surface area contributed by atoms with E-state index in [1.54, 1.807) is 11.8 Å². The minimum Gasteiger partial charge on any atom is -0.395 e. The Bertz CT molecular complexity index is 1770. The third-order valence-electron chi connectivity index (χ3n) is 10.1. The zero-order valence-electron chi connectivity index (χ0n) is 27.9. The highest BCUT2D eigenvalue weighted by atomic mass is 28.4. The summed E-state index contributed by atoms with van der Waals surface area (Å²) >= 11 is 0. The lowest BCUT2D eigenvalue weighted by Crippen LogP contribution is -2.45. The van der Waals surface area contributed by atoms with E-state index in [2.05, 4.69) is 0 Å². The highest BCUT2D eigenvalue weighted by Crippen LogP contribution is 2.60. The first-order chi connectivity index (χ1) is 23.3. The summed E-state index contributed by atoms with van der Waals surface area (Å²) in [6, 6.07) is 20.9. The van der Waals surface area contributed by atoms with Gasteiger partial charge in [0.25, 0.3) is 11.6 Å². The second kappa shape index (κ2) is 13.4. The Morgan fingerprint density at radius 2 is 1.84 bits per heavy atom. The number of carbonyl (C=O) groups excluding carboxylic acids is 3. The monoisotopic (exact) mass is 688 g/mol. The van der Waals surface area contributed by atoms with Gasteiger partial charge < -0.3 is 28.7 Å². The molecule has 3 aromatic carbocycles. The highest BCUT2D eigenvalue weighted by molar-refractivity contribution is 6.72. The number of ether oxygens (including phenoxy) is 1. The zero-order chi connectivity index (χ0) is 35.1. The fraction of sp³-hybridized carbons (Fsp3) is 0.417. The first kappa shape index (κ1) is 34.4. The van der Waals surface area contributed by atoms with Gasteiger partial charge in [-0.3, -0.25) is 24.5 Å². The summed E-state index contributed by atoms with van der Waals surface area (Å²) in [6.45, 7) is 5.52. The number of amides is 3. The number of hydrogen-bond donors (Lipinski definition) is 1. The quantitative estimate of drug-likeness (QED) is 0.123. The van der Waals surface area contributed by atoms with Crippen molar-refractivity contribution in [2.45, 2.75) is 69.6 Å². The molecule has 6 rings (SSSR count). The van der Waals surface area contributed by atoms with Crippen molar-refractivity contribution < 1.29 is 33.3 Å². The average molecular weight is 689 g/mol. The van der Waals surface area contributed by atoms with Crippen molar-refractivity contribution >= 4 is 43.2 Å². The van der Waals surface area contributed by atoms with Crippen LogP contribution in [0.15, 0.2) is 72.8 Å². The SMILES string of the molecule is C[C@H]1[C@H]([Si](C)(C)F)[C@@H](CC(=O)N(CCO)Cc2ccccc2)O[C@]12C(=O)N(Cc1cccc(N3CCCC3=O)c1)c1ccc([N+](=O)[O-])cc12. The number of nitro groups is 1. The average Bonchev–Trinajstić information content (AvgIpc) is 3.70. The molecule has 3 aromatic rings. The van der Waals surface area contributed by atoms with Gasteiger partial charge in [0, 0.05) is 60.9 Å². The smallest absolute Gasteiger partial charge is 0.269 e. The van der Waals surface area contributed by atoms with Crippen LogP contribution < -0.4 is 9.80 Å². The topological polar surface area (TPSA) is 134 Å². The second-order valence-electron chi connectivity index (χ2n) is 13.7. The maximum Gasteiger partial charge on any atom is 0.269 e. The largest absolute Gasteiger partial charge is 0.395 e.